The van der Waals surface area contributed by atoms with Gasteiger partial charge in [-0.3, -0.25) is 9.78 Å². The molecule has 0 spiro atoms. The van der Waals surface area contributed by atoms with Crippen LogP contribution < -0.4 is 5.32 Å². The van der Waals surface area contributed by atoms with Crippen molar-refractivity contribution < 1.29 is 4.79 Å². The minimum Gasteiger partial charge on any atom is -0.306 e. The summed E-state index contributed by atoms with van der Waals surface area (Å²) in [7, 11) is 0. The van der Waals surface area contributed by atoms with E-state index in [1.807, 2.05) is 13.0 Å². The highest BCUT2D eigenvalue weighted by Gasteiger charge is 2.14. The number of hydrogen-bond donors (Lipinski definition) is 1. The third-order valence-electron chi connectivity index (χ3n) is 2.85. The van der Waals surface area contributed by atoms with Crippen molar-refractivity contribution in [2.24, 2.45) is 0 Å². The predicted octanol–water partition coefficient (Wildman–Crippen LogP) is 2.45. The molecule has 6 nitrogen and oxygen atoms in total. The van der Waals surface area contributed by atoms with E-state index in [0.717, 1.165) is 10.0 Å². The Balaban J connectivity index is 1.93. The number of halogens is 1. The van der Waals surface area contributed by atoms with E-state index in [1.54, 1.807) is 29.3 Å². The molecule has 0 saturated carbocycles. The molecule has 0 bridgehead atoms. The molecule has 20 heavy (non-hydrogen) atoms. The summed E-state index contributed by atoms with van der Waals surface area (Å²) < 4.78 is 2.47. The second-order valence-electron chi connectivity index (χ2n) is 4.24. The van der Waals surface area contributed by atoms with Gasteiger partial charge in [-0.2, -0.15) is 5.10 Å². The second-order valence-corrected chi connectivity index (χ2v) is 5.15. The van der Waals surface area contributed by atoms with Gasteiger partial charge in [-0.15, -0.1) is 0 Å². The number of amides is 1. The molecule has 3 aromatic heterocycles. The molecule has 100 valence electrons. The van der Waals surface area contributed by atoms with Crippen molar-refractivity contribution in [3.05, 3.63) is 52.7 Å². The molecule has 0 fully saturated rings. The topological polar surface area (TPSA) is 72.2 Å². The highest BCUT2D eigenvalue weighted by molar-refractivity contribution is 9.10. The molecule has 0 radical (unpaired) electrons. The highest BCUT2D eigenvalue weighted by atomic mass is 79.9. The van der Waals surface area contributed by atoms with Crippen LogP contribution in [-0.2, 0) is 0 Å². The third-order valence-corrected chi connectivity index (χ3v) is 3.28. The molecule has 0 aliphatic heterocycles. The zero-order chi connectivity index (χ0) is 14.1. The van der Waals surface area contributed by atoms with Crippen LogP contribution in [0.15, 0.2) is 41.5 Å². The average Bonchev–Trinajstić information content (AvgIpc) is 2.86. The Morgan fingerprint density at radius 2 is 2.20 bits per heavy atom. The summed E-state index contributed by atoms with van der Waals surface area (Å²) in [5.74, 6) is 0.271. The van der Waals surface area contributed by atoms with Crippen LogP contribution in [0.2, 0.25) is 0 Å². The number of rotatable bonds is 2. The van der Waals surface area contributed by atoms with Crippen LogP contribution in [0.5, 0.6) is 0 Å². The Morgan fingerprint density at radius 3 is 3.00 bits per heavy atom. The van der Waals surface area contributed by atoms with Gasteiger partial charge in [0.05, 0.1) is 23.5 Å². The summed E-state index contributed by atoms with van der Waals surface area (Å²) in [6.45, 7) is 1.88. The van der Waals surface area contributed by atoms with Crippen molar-refractivity contribution in [1.82, 2.24) is 19.6 Å². The van der Waals surface area contributed by atoms with E-state index in [-0.39, 0.29) is 5.91 Å². The second kappa shape index (κ2) is 5.01. The lowest BCUT2D eigenvalue weighted by atomic mass is 10.2. The van der Waals surface area contributed by atoms with Gasteiger partial charge in [-0.05, 0) is 34.5 Å². The van der Waals surface area contributed by atoms with Gasteiger partial charge in [-0.1, -0.05) is 0 Å². The van der Waals surface area contributed by atoms with Gasteiger partial charge in [0, 0.05) is 23.1 Å². The van der Waals surface area contributed by atoms with Crippen LogP contribution in [0.4, 0.5) is 5.82 Å². The fraction of sp³-hybridized carbons (Fsp3) is 0.0769. The number of carbonyl (C=O) groups excluding carboxylic acids is 1. The lowest BCUT2D eigenvalue weighted by molar-refractivity contribution is 0.102. The van der Waals surface area contributed by atoms with Gasteiger partial charge < -0.3 is 5.32 Å². The van der Waals surface area contributed by atoms with E-state index >= 15 is 0 Å². The van der Waals surface area contributed by atoms with E-state index in [4.69, 9.17) is 0 Å². The number of fused-ring (bicyclic) bond motifs is 1. The van der Waals surface area contributed by atoms with E-state index in [2.05, 4.69) is 36.3 Å². The maximum Gasteiger partial charge on any atom is 0.260 e. The smallest absolute Gasteiger partial charge is 0.260 e. The van der Waals surface area contributed by atoms with Gasteiger partial charge in [0.15, 0.2) is 0 Å². The van der Waals surface area contributed by atoms with Crippen molar-refractivity contribution in [3.63, 3.8) is 0 Å². The Morgan fingerprint density at radius 1 is 1.35 bits per heavy atom. The molecule has 0 aromatic carbocycles. The van der Waals surface area contributed by atoms with Crippen LogP contribution in [0.1, 0.15) is 15.9 Å². The fourth-order valence-corrected chi connectivity index (χ4v) is 2.30. The van der Waals surface area contributed by atoms with Crippen molar-refractivity contribution in [2.75, 3.05) is 5.32 Å². The zero-order valence-electron chi connectivity index (χ0n) is 10.5. The molecule has 0 aliphatic carbocycles. The Labute approximate surface area is 123 Å². The lowest BCUT2D eigenvalue weighted by Crippen LogP contribution is -2.13. The maximum absolute atomic E-state index is 12.3. The first-order valence-electron chi connectivity index (χ1n) is 5.86. The lowest BCUT2D eigenvalue weighted by Gasteiger charge is -2.06. The molecule has 1 N–H and O–H groups in total. The van der Waals surface area contributed by atoms with Gasteiger partial charge in [0.25, 0.3) is 5.91 Å². The largest absolute Gasteiger partial charge is 0.306 e. The summed E-state index contributed by atoms with van der Waals surface area (Å²) in [6.07, 6.45) is 8.06. The summed E-state index contributed by atoms with van der Waals surface area (Å²) in [5.41, 5.74) is 1.99. The van der Waals surface area contributed by atoms with Crippen LogP contribution in [0, 0.1) is 6.92 Å². The normalized spacial score (nSPS) is 10.7. The molecule has 0 saturated heterocycles. The summed E-state index contributed by atoms with van der Waals surface area (Å²) in [4.78, 5) is 20.5. The minimum atomic E-state index is -0.258. The predicted molar refractivity (Wildman–Crippen MR) is 77.6 cm³/mol. The minimum absolute atomic E-state index is 0.258. The number of anilines is 1. The number of hydrogen-bond acceptors (Lipinski definition) is 4. The standard InChI is InChI=1S/C13H10BrN5O/c1-8-4-9(14)5-16-12(8)18-13(20)10-6-17-19-3-2-15-7-11(10)19/h2-7H,1H3,(H,16,18,20). The van der Waals surface area contributed by atoms with E-state index in [1.165, 1.54) is 6.20 Å². The Kier molecular flexibility index (Phi) is 3.19. The number of aromatic nitrogens is 4. The van der Waals surface area contributed by atoms with E-state index in [9.17, 15) is 4.79 Å². The zero-order valence-corrected chi connectivity index (χ0v) is 12.1. The number of aryl methyl sites for hydroxylation is 1. The number of carbonyl (C=O) groups is 1. The molecule has 0 aliphatic rings. The quantitative estimate of drug-likeness (QED) is 0.782. The summed E-state index contributed by atoms with van der Waals surface area (Å²) in [6, 6.07) is 1.89. The molecule has 0 atom stereocenters. The maximum atomic E-state index is 12.3. The van der Waals surface area contributed by atoms with Crippen molar-refractivity contribution in [1.29, 1.82) is 0 Å². The van der Waals surface area contributed by atoms with Crippen LogP contribution in [-0.4, -0.2) is 25.5 Å². The molecule has 0 unspecified atom stereocenters. The van der Waals surface area contributed by atoms with E-state index < -0.39 is 0 Å². The van der Waals surface area contributed by atoms with Crippen molar-refractivity contribution in [2.45, 2.75) is 6.92 Å². The number of nitrogens with one attached hydrogen (secondary N) is 1. The van der Waals surface area contributed by atoms with E-state index in [0.29, 0.717) is 16.9 Å². The molecule has 3 heterocycles. The number of pyridine rings is 1. The van der Waals surface area contributed by atoms with Gasteiger partial charge >= 0.3 is 0 Å². The molecule has 1 amide bonds. The summed E-state index contributed by atoms with van der Waals surface area (Å²) >= 11 is 3.34. The Hall–Kier alpha value is -2.28. The first-order chi connectivity index (χ1) is 9.65. The Bertz CT molecular complexity index is 798. The third kappa shape index (κ3) is 2.27. The van der Waals surface area contributed by atoms with Crippen molar-refractivity contribution >= 4 is 33.2 Å². The molecule has 7 heteroatoms. The van der Waals surface area contributed by atoms with Crippen molar-refractivity contribution in [3.8, 4) is 0 Å². The number of nitrogens with zero attached hydrogens (tertiary/aromatic N) is 4. The van der Waals surface area contributed by atoms with Crippen LogP contribution in [0.3, 0.4) is 0 Å². The van der Waals surface area contributed by atoms with Crippen LogP contribution >= 0.6 is 15.9 Å². The monoisotopic (exact) mass is 331 g/mol. The summed E-state index contributed by atoms with van der Waals surface area (Å²) in [5, 5.41) is 6.89. The fourth-order valence-electron chi connectivity index (χ4n) is 1.86. The molecule has 3 rings (SSSR count). The van der Waals surface area contributed by atoms with Gasteiger partial charge in [0.2, 0.25) is 0 Å². The average molecular weight is 332 g/mol. The van der Waals surface area contributed by atoms with Crippen LogP contribution in [0.25, 0.3) is 5.52 Å². The SMILES string of the molecule is Cc1cc(Br)cnc1NC(=O)c1cnn2ccncc12. The highest BCUT2D eigenvalue weighted by Crippen LogP contribution is 2.18. The first-order valence-corrected chi connectivity index (χ1v) is 6.65. The molecular weight excluding hydrogens is 322 g/mol. The van der Waals surface area contributed by atoms with Gasteiger partial charge in [-0.25, -0.2) is 9.50 Å². The first kappa shape index (κ1) is 12.7. The molecular formula is C13H10BrN5O. The van der Waals surface area contributed by atoms with Gasteiger partial charge in [0.1, 0.15) is 5.82 Å². The molecule has 3 aromatic rings.